The predicted molar refractivity (Wildman–Crippen MR) is 59.4 cm³/mol. The van der Waals surface area contributed by atoms with Gasteiger partial charge in [-0.15, -0.1) is 0 Å². The van der Waals surface area contributed by atoms with Crippen molar-refractivity contribution in [2.75, 3.05) is 13.2 Å². The van der Waals surface area contributed by atoms with Gasteiger partial charge in [0.2, 0.25) is 11.8 Å². The molecule has 5 heteroatoms. The lowest BCUT2D eigenvalue weighted by Gasteiger charge is -2.07. The number of halogens is 1. The lowest BCUT2D eigenvalue weighted by molar-refractivity contribution is 0.211. The van der Waals surface area contributed by atoms with Gasteiger partial charge in [-0.1, -0.05) is 18.2 Å². The molecule has 88 valence electrons. The lowest BCUT2D eigenvalue weighted by atomic mass is 10.3. The first-order valence-electron chi connectivity index (χ1n) is 5.13. The van der Waals surface area contributed by atoms with Crippen LogP contribution in [-0.4, -0.2) is 23.2 Å². The van der Waals surface area contributed by atoms with Crippen molar-refractivity contribution < 1.29 is 13.9 Å². The van der Waals surface area contributed by atoms with Crippen molar-refractivity contribution in [3.05, 3.63) is 48.7 Å². The molecule has 0 fully saturated rings. The average molecular weight is 234 g/mol. The Balaban J connectivity index is 1.73. The predicted octanol–water partition coefficient (Wildman–Crippen LogP) is 2.07. The molecule has 0 spiro atoms. The second-order valence-electron chi connectivity index (χ2n) is 3.19. The van der Waals surface area contributed by atoms with Crippen LogP contribution in [0, 0.1) is 5.95 Å². The first-order chi connectivity index (χ1) is 8.34. The van der Waals surface area contributed by atoms with Crippen molar-refractivity contribution in [1.29, 1.82) is 0 Å². The van der Waals surface area contributed by atoms with Crippen molar-refractivity contribution >= 4 is 0 Å². The molecule has 0 saturated heterocycles. The molecule has 0 radical (unpaired) electrons. The van der Waals surface area contributed by atoms with Crippen LogP contribution in [0.1, 0.15) is 0 Å². The Bertz CT molecular complexity index is 465. The highest BCUT2D eigenvalue weighted by Gasteiger charge is 1.98. The number of hydrogen-bond acceptors (Lipinski definition) is 4. The van der Waals surface area contributed by atoms with Crippen LogP contribution in [-0.2, 0) is 0 Å². The molecular formula is C12H11FN2O2. The van der Waals surface area contributed by atoms with Crippen LogP contribution in [0.25, 0.3) is 0 Å². The Morgan fingerprint density at radius 1 is 1.00 bits per heavy atom. The lowest BCUT2D eigenvalue weighted by Crippen LogP contribution is -2.09. The molecule has 1 aromatic carbocycles. The van der Waals surface area contributed by atoms with Gasteiger partial charge in [-0.05, 0) is 12.1 Å². The quantitative estimate of drug-likeness (QED) is 0.587. The van der Waals surface area contributed by atoms with Crippen molar-refractivity contribution in [3.8, 4) is 11.6 Å². The van der Waals surface area contributed by atoms with Crippen molar-refractivity contribution in [3.63, 3.8) is 0 Å². The maximum absolute atomic E-state index is 12.7. The highest BCUT2D eigenvalue weighted by Crippen LogP contribution is 2.08. The standard InChI is InChI=1S/C12H11FN2O2/c13-11-8-12(15-9-14-11)17-7-6-16-10-4-2-1-3-5-10/h1-5,8-9H,6-7H2. The Labute approximate surface area is 98.1 Å². The Morgan fingerprint density at radius 3 is 2.53 bits per heavy atom. The van der Waals surface area contributed by atoms with Gasteiger partial charge in [-0.25, -0.2) is 9.97 Å². The van der Waals surface area contributed by atoms with E-state index in [2.05, 4.69) is 9.97 Å². The van der Waals surface area contributed by atoms with Gasteiger partial charge in [0.05, 0.1) is 6.07 Å². The largest absolute Gasteiger partial charge is 0.490 e. The van der Waals surface area contributed by atoms with Gasteiger partial charge in [0.15, 0.2) is 0 Å². The smallest absolute Gasteiger partial charge is 0.219 e. The summed E-state index contributed by atoms with van der Waals surface area (Å²) in [7, 11) is 0. The SMILES string of the molecule is Fc1cc(OCCOc2ccccc2)ncn1. The molecule has 0 aliphatic carbocycles. The summed E-state index contributed by atoms with van der Waals surface area (Å²) in [5.74, 6) is 0.359. The van der Waals surface area contributed by atoms with E-state index in [1.54, 1.807) is 0 Å². The average Bonchev–Trinajstić information content (AvgIpc) is 2.36. The number of benzene rings is 1. The van der Waals surface area contributed by atoms with Gasteiger partial charge in [0, 0.05) is 0 Å². The van der Waals surface area contributed by atoms with Crippen LogP contribution in [0.3, 0.4) is 0 Å². The van der Waals surface area contributed by atoms with E-state index in [-0.39, 0.29) is 5.88 Å². The summed E-state index contributed by atoms with van der Waals surface area (Å²) in [6, 6.07) is 10.5. The third kappa shape index (κ3) is 3.71. The molecule has 1 aromatic heterocycles. The zero-order valence-corrected chi connectivity index (χ0v) is 9.04. The second-order valence-corrected chi connectivity index (χ2v) is 3.19. The number of hydrogen-bond donors (Lipinski definition) is 0. The normalized spacial score (nSPS) is 9.94. The van der Waals surface area contributed by atoms with Crippen LogP contribution >= 0.6 is 0 Å². The Hall–Kier alpha value is -2.17. The zero-order valence-electron chi connectivity index (χ0n) is 9.04. The molecule has 2 aromatic rings. The van der Waals surface area contributed by atoms with E-state index >= 15 is 0 Å². The number of ether oxygens (including phenoxy) is 2. The fraction of sp³-hybridized carbons (Fsp3) is 0.167. The molecule has 0 aliphatic heterocycles. The fourth-order valence-electron chi connectivity index (χ4n) is 1.22. The first-order valence-corrected chi connectivity index (χ1v) is 5.13. The van der Waals surface area contributed by atoms with Crippen LogP contribution in [0.2, 0.25) is 0 Å². The van der Waals surface area contributed by atoms with E-state index in [1.165, 1.54) is 0 Å². The van der Waals surface area contributed by atoms with Gasteiger partial charge in [0.25, 0.3) is 0 Å². The highest BCUT2D eigenvalue weighted by molar-refractivity contribution is 5.20. The molecular weight excluding hydrogens is 223 g/mol. The number of rotatable bonds is 5. The molecule has 0 atom stereocenters. The minimum atomic E-state index is -0.612. The van der Waals surface area contributed by atoms with Gasteiger partial charge < -0.3 is 9.47 Å². The molecule has 0 aliphatic rings. The molecule has 0 amide bonds. The zero-order chi connectivity index (χ0) is 11.9. The number of para-hydroxylation sites is 1. The third-order valence-corrected chi connectivity index (χ3v) is 1.95. The van der Waals surface area contributed by atoms with Crippen LogP contribution in [0.4, 0.5) is 4.39 Å². The van der Waals surface area contributed by atoms with E-state index in [4.69, 9.17) is 9.47 Å². The van der Waals surface area contributed by atoms with E-state index in [0.717, 1.165) is 18.1 Å². The molecule has 0 unspecified atom stereocenters. The fourth-order valence-corrected chi connectivity index (χ4v) is 1.22. The van der Waals surface area contributed by atoms with E-state index in [1.807, 2.05) is 30.3 Å². The summed E-state index contributed by atoms with van der Waals surface area (Å²) in [5.41, 5.74) is 0. The monoisotopic (exact) mass is 234 g/mol. The van der Waals surface area contributed by atoms with Gasteiger partial charge in [0.1, 0.15) is 25.3 Å². The summed E-state index contributed by atoms with van der Waals surface area (Å²) < 4.78 is 23.3. The molecule has 4 nitrogen and oxygen atoms in total. The van der Waals surface area contributed by atoms with Gasteiger partial charge in [-0.3, -0.25) is 0 Å². The maximum atomic E-state index is 12.7. The van der Waals surface area contributed by atoms with Gasteiger partial charge in [-0.2, -0.15) is 4.39 Å². The minimum absolute atomic E-state index is 0.203. The summed E-state index contributed by atoms with van der Waals surface area (Å²) in [6.07, 6.45) is 1.11. The van der Waals surface area contributed by atoms with E-state index in [9.17, 15) is 4.39 Å². The summed E-state index contributed by atoms with van der Waals surface area (Å²) >= 11 is 0. The molecule has 17 heavy (non-hydrogen) atoms. The van der Waals surface area contributed by atoms with Gasteiger partial charge >= 0.3 is 0 Å². The number of nitrogens with zero attached hydrogens (tertiary/aromatic N) is 2. The van der Waals surface area contributed by atoms with Crippen molar-refractivity contribution in [2.45, 2.75) is 0 Å². The van der Waals surface area contributed by atoms with Crippen LogP contribution in [0.15, 0.2) is 42.7 Å². The highest BCUT2D eigenvalue weighted by atomic mass is 19.1. The van der Waals surface area contributed by atoms with Crippen LogP contribution < -0.4 is 9.47 Å². The number of aromatic nitrogens is 2. The van der Waals surface area contributed by atoms with E-state index < -0.39 is 5.95 Å². The second kappa shape index (κ2) is 5.79. The maximum Gasteiger partial charge on any atom is 0.219 e. The summed E-state index contributed by atoms with van der Waals surface area (Å²) in [5, 5.41) is 0. The summed E-state index contributed by atoms with van der Waals surface area (Å²) in [6.45, 7) is 0.668. The van der Waals surface area contributed by atoms with Crippen molar-refractivity contribution in [2.24, 2.45) is 0 Å². The Kier molecular flexibility index (Phi) is 3.85. The molecule has 0 saturated carbocycles. The molecule has 1 heterocycles. The summed E-state index contributed by atoms with van der Waals surface area (Å²) in [4.78, 5) is 7.08. The molecule has 0 bridgehead atoms. The van der Waals surface area contributed by atoms with E-state index in [0.29, 0.717) is 13.2 Å². The first kappa shape index (κ1) is 11.3. The topological polar surface area (TPSA) is 44.2 Å². The third-order valence-electron chi connectivity index (χ3n) is 1.95. The Morgan fingerprint density at radius 2 is 1.76 bits per heavy atom. The van der Waals surface area contributed by atoms with Crippen LogP contribution in [0.5, 0.6) is 11.6 Å². The van der Waals surface area contributed by atoms with Crippen molar-refractivity contribution in [1.82, 2.24) is 9.97 Å². The molecule has 0 N–H and O–H groups in total. The minimum Gasteiger partial charge on any atom is -0.490 e. The molecule has 2 rings (SSSR count).